The molecule has 168 valence electrons. The maximum atomic E-state index is 12.9. The second kappa shape index (κ2) is 11.1. The zero-order valence-electron chi connectivity index (χ0n) is 17.5. The number of halogens is 2. The number of hydrogen-bond acceptors (Lipinski definition) is 5. The molecule has 0 saturated heterocycles. The van der Waals surface area contributed by atoms with E-state index in [1.54, 1.807) is 30.3 Å². The summed E-state index contributed by atoms with van der Waals surface area (Å²) in [5.74, 6) is -1.82. The van der Waals surface area contributed by atoms with Crippen molar-refractivity contribution in [3.8, 4) is 5.75 Å². The molecule has 3 rings (SSSR count). The molecule has 0 saturated carbocycles. The molecule has 0 atom stereocenters. The van der Waals surface area contributed by atoms with Crippen LogP contribution < -0.4 is 15.5 Å². The molecular formula is C24H19BrFN3O4. The van der Waals surface area contributed by atoms with Crippen LogP contribution in [-0.2, 0) is 4.79 Å². The molecule has 7 nitrogen and oxygen atoms in total. The standard InChI is InChI=1S/C24H19BrFN3O4/c1-15-4-2-3-5-20(15)24(32)33-21-11-8-18(25)12-17(21)13-28-29-22(30)14-27-23(31)16-6-9-19(26)10-7-16/h2-13H,14H2,1H3,(H,27,31)(H,29,30)/b28-13+. The minimum absolute atomic E-state index is 0.224. The zero-order chi connectivity index (χ0) is 23.8. The van der Waals surface area contributed by atoms with Crippen LogP contribution in [0, 0.1) is 12.7 Å². The van der Waals surface area contributed by atoms with Gasteiger partial charge in [-0.1, -0.05) is 34.1 Å². The monoisotopic (exact) mass is 511 g/mol. The molecule has 0 unspecified atom stereocenters. The summed E-state index contributed by atoms with van der Waals surface area (Å²) >= 11 is 3.35. The molecule has 9 heteroatoms. The van der Waals surface area contributed by atoms with Gasteiger partial charge < -0.3 is 10.1 Å². The van der Waals surface area contributed by atoms with Crippen LogP contribution in [0.15, 0.2) is 76.3 Å². The van der Waals surface area contributed by atoms with Crippen molar-refractivity contribution >= 4 is 39.9 Å². The molecular weight excluding hydrogens is 493 g/mol. The predicted octanol–water partition coefficient (Wildman–Crippen LogP) is 4.00. The van der Waals surface area contributed by atoms with E-state index >= 15 is 0 Å². The highest BCUT2D eigenvalue weighted by Crippen LogP contribution is 2.23. The molecule has 0 aliphatic heterocycles. The summed E-state index contributed by atoms with van der Waals surface area (Å²) in [7, 11) is 0. The van der Waals surface area contributed by atoms with Gasteiger partial charge in [-0.05, 0) is 61.0 Å². The van der Waals surface area contributed by atoms with E-state index in [-0.39, 0.29) is 17.9 Å². The number of nitrogens with one attached hydrogen (secondary N) is 2. The van der Waals surface area contributed by atoms with Gasteiger partial charge in [0.05, 0.1) is 18.3 Å². The minimum Gasteiger partial charge on any atom is -0.422 e. The Morgan fingerprint density at radius 1 is 1.06 bits per heavy atom. The number of nitrogens with zero attached hydrogens (tertiary/aromatic N) is 1. The topological polar surface area (TPSA) is 96.9 Å². The Kier molecular flexibility index (Phi) is 8.04. The van der Waals surface area contributed by atoms with Crippen molar-refractivity contribution in [2.45, 2.75) is 6.92 Å². The number of esters is 1. The maximum absolute atomic E-state index is 12.9. The second-order valence-corrected chi connectivity index (χ2v) is 7.79. The van der Waals surface area contributed by atoms with E-state index < -0.39 is 23.6 Å². The van der Waals surface area contributed by atoms with Gasteiger partial charge >= 0.3 is 5.97 Å². The molecule has 0 aliphatic rings. The molecule has 0 aliphatic carbocycles. The molecule has 33 heavy (non-hydrogen) atoms. The fourth-order valence-corrected chi connectivity index (χ4v) is 3.13. The lowest BCUT2D eigenvalue weighted by Crippen LogP contribution is -2.34. The quantitative estimate of drug-likeness (QED) is 0.217. The number of benzene rings is 3. The van der Waals surface area contributed by atoms with Gasteiger partial charge in [-0.15, -0.1) is 0 Å². The van der Waals surface area contributed by atoms with Gasteiger partial charge in [0.15, 0.2) is 0 Å². The summed E-state index contributed by atoms with van der Waals surface area (Å²) in [5, 5.41) is 6.28. The van der Waals surface area contributed by atoms with Gasteiger partial charge in [-0.25, -0.2) is 14.6 Å². The first-order valence-corrected chi connectivity index (χ1v) is 10.6. The lowest BCUT2D eigenvalue weighted by Gasteiger charge is -2.09. The Balaban J connectivity index is 1.60. The Morgan fingerprint density at radius 3 is 2.52 bits per heavy atom. The summed E-state index contributed by atoms with van der Waals surface area (Å²) < 4.78 is 19.2. The molecule has 0 spiro atoms. The van der Waals surface area contributed by atoms with Gasteiger partial charge in [-0.3, -0.25) is 9.59 Å². The summed E-state index contributed by atoms with van der Waals surface area (Å²) in [4.78, 5) is 36.5. The van der Waals surface area contributed by atoms with Crippen molar-refractivity contribution in [3.63, 3.8) is 0 Å². The molecule has 0 aromatic heterocycles. The van der Waals surface area contributed by atoms with E-state index in [0.717, 1.165) is 22.2 Å². The SMILES string of the molecule is Cc1ccccc1C(=O)Oc1ccc(Br)cc1/C=N/NC(=O)CNC(=O)c1ccc(F)cc1. The first-order valence-electron chi connectivity index (χ1n) is 9.76. The number of carbonyl (C=O) groups excluding carboxylic acids is 3. The average molecular weight is 512 g/mol. The van der Waals surface area contributed by atoms with E-state index in [1.165, 1.54) is 18.3 Å². The molecule has 0 bridgehead atoms. The highest BCUT2D eigenvalue weighted by Gasteiger charge is 2.13. The highest BCUT2D eigenvalue weighted by atomic mass is 79.9. The largest absolute Gasteiger partial charge is 0.422 e. The van der Waals surface area contributed by atoms with Crippen molar-refractivity contribution < 1.29 is 23.5 Å². The van der Waals surface area contributed by atoms with E-state index in [0.29, 0.717) is 11.1 Å². The van der Waals surface area contributed by atoms with E-state index in [9.17, 15) is 18.8 Å². The van der Waals surface area contributed by atoms with Crippen LogP contribution in [0.1, 0.15) is 31.8 Å². The fourth-order valence-electron chi connectivity index (χ4n) is 2.75. The summed E-state index contributed by atoms with van der Waals surface area (Å²) in [5.41, 5.74) is 4.18. The minimum atomic E-state index is -0.574. The summed E-state index contributed by atoms with van der Waals surface area (Å²) in [6, 6.07) is 17.0. The predicted molar refractivity (Wildman–Crippen MR) is 125 cm³/mol. The Morgan fingerprint density at radius 2 is 1.79 bits per heavy atom. The number of hydrogen-bond donors (Lipinski definition) is 2. The number of ether oxygens (including phenoxy) is 1. The smallest absolute Gasteiger partial charge is 0.343 e. The Bertz CT molecular complexity index is 1210. The second-order valence-electron chi connectivity index (χ2n) is 6.87. The summed E-state index contributed by atoms with van der Waals surface area (Å²) in [6.45, 7) is 1.48. The van der Waals surface area contributed by atoms with Crippen LogP contribution in [0.5, 0.6) is 5.75 Å². The van der Waals surface area contributed by atoms with Crippen LogP contribution in [0.4, 0.5) is 4.39 Å². The van der Waals surface area contributed by atoms with E-state index in [2.05, 4.69) is 31.8 Å². The first kappa shape index (κ1) is 23.8. The fraction of sp³-hybridized carbons (Fsp3) is 0.0833. The van der Waals surface area contributed by atoms with Gasteiger partial charge in [-0.2, -0.15) is 5.10 Å². The van der Waals surface area contributed by atoms with Crippen molar-refractivity contribution in [1.82, 2.24) is 10.7 Å². The van der Waals surface area contributed by atoms with Crippen LogP contribution >= 0.6 is 15.9 Å². The van der Waals surface area contributed by atoms with Crippen LogP contribution in [0.3, 0.4) is 0 Å². The van der Waals surface area contributed by atoms with Crippen LogP contribution in [0.25, 0.3) is 0 Å². The Hall–Kier alpha value is -3.85. The van der Waals surface area contributed by atoms with E-state index in [1.807, 2.05) is 19.1 Å². The van der Waals surface area contributed by atoms with Gasteiger partial charge in [0.1, 0.15) is 11.6 Å². The third-order valence-corrected chi connectivity index (χ3v) is 4.94. The highest BCUT2D eigenvalue weighted by molar-refractivity contribution is 9.10. The number of amides is 2. The van der Waals surface area contributed by atoms with Gasteiger partial charge in [0, 0.05) is 15.6 Å². The van der Waals surface area contributed by atoms with Crippen molar-refractivity contribution in [1.29, 1.82) is 0 Å². The number of aryl methyl sites for hydroxylation is 1. The van der Waals surface area contributed by atoms with E-state index in [4.69, 9.17) is 4.74 Å². The zero-order valence-corrected chi connectivity index (χ0v) is 19.1. The lowest BCUT2D eigenvalue weighted by atomic mass is 10.1. The summed E-state index contributed by atoms with van der Waals surface area (Å²) in [6.07, 6.45) is 1.32. The normalized spacial score (nSPS) is 10.6. The van der Waals surface area contributed by atoms with Crippen LogP contribution in [-0.4, -0.2) is 30.5 Å². The Labute approximate surface area is 197 Å². The number of hydrazone groups is 1. The molecule has 3 aromatic carbocycles. The van der Waals surface area contributed by atoms with Crippen molar-refractivity contribution in [3.05, 3.63) is 99.3 Å². The molecule has 0 radical (unpaired) electrons. The first-order chi connectivity index (χ1) is 15.8. The maximum Gasteiger partial charge on any atom is 0.343 e. The third-order valence-electron chi connectivity index (χ3n) is 4.45. The van der Waals surface area contributed by atoms with Crippen molar-refractivity contribution in [2.24, 2.45) is 5.10 Å². The lowest BCUT2D eigenvalue weighted by molar-refractivity contribution is -0.120. The number of rotatable bonds is 7. The van der Waals surface area contributed by atoms with Crippen LogP contribution in [0.2, 0.25) is 0 Å². The number of carbonyl (C=O) groups is 3. The molecule has 3 aromatic rings. The molecule has 2 amide bonds. The molecule has 0 heterocycles. The average Bonchev–Trinajstić information content (AvgIpc) is 2.80. The molecule has 0 fully saturated rings. The third kappa shape index (κ3) is 6.81. The van der Waals surface area contributed by atoms with Gasteiger partial charge in [0.25, 0.3) is 11.8 Å². The molecule has 2 N–H and O–H groups in total. The van der Waals surface area contributed by atoms with Gasteiger partial charge in [0.2, 0.25) is 0 Å². The van der Waals surface area contributed by atoms with Crippen molar-refractivity contribution in [2.75, 3.05) is 6.54 Å².